The van der Waals surface area contributed by atoms with E-state index in [0.717, 1.165) is 43.6 Å². The predicted octanol–water partition coefficient (Wildman–Crippen LogP) is 3.73. The van der Waals surface area contributed by atoms with Crippen molar-refractivity contribution in [1.82, 2.24) is 24.5 Å². The molecule has 5 rings (SSSR count). The molecule has 0 bridgehead atoms. The van der Waals surface area contributed by atoms with Gasteiger partial charge in [0.2, 0.25) is 5.88 Å². The lowest BCUT2D eigenvalue weighted by Crippen LogP contribution is -2.40. The van der Waals surface area contributed by atoms with E-state index in [4.69, 9.17) is 16.3 Å². The molecule has 2 aliphatic rings. The largest absolute Gasteiger partial charge is 0.474 e. The zero-order valence-electron chi connectivity index (χ0n) is 16.0. The highest BCUT2D eigenvalue weighted by atomic mass is 35.5. The molecule has 1 saturated carbocycles. The molecule has 0 aromatic carbocycles. The van der Waals surface area contributed by atoms with Crippen molar-refractivity contribution < 1.29 is 9.53 Å². The van der Waals surface area contributed by atoms with Gasteiger partial charge in [0.1, 0.15) is 22.6 Å². The van der Waals surface area contributed by atoms with E-state index in [0.29, 0.717) is 29.7 Å². The van der Waals surface area contributed by atoms with E-state index in [1.165, 1.54) is 0 Å². The van der Waals surface area contributed by atoms with E-state index in [-0.39, 0.29) is 17.9 Å². The fourth-order valence-corrected chi connectivity index (χ4v) is 4.14. The summed E-state index contributed by atoms with van der Waals surface area (Å²) in [5.41, 5.74) is 1.30. The molecule has 0 unspecified atom stereocenters. The Labute approximate surface area is 173 Å². The maximum atomic E-state index is 13.3. The van der Waals surface area contributed by atoms with Gasteiger partial charge >= 0.3 is 0 Å². The Kier molecular flexibility index (Phi) is 4.83. The van der Waals surface area contributed by atoms with Gasteiger partial charge in [-0.25, -0.2) is 4.98 Å². The van der Waals surface area contributed by atoms with Crippen LogP contribution in [0.4, 0.5) is 0 Å². The maximum absolute atomic E-state index is 13.3. The van der Waals surface area contributed by atoms with Crippen molar-refractivity contribution in [2.45, 2.75) is 44.1 Å². The van der Waals surface area contributed by atoms with Crippen LogP contribution in [0.25, 0.3) is 5.65 Å². The molecule has 0 N–H and O–H groups in total. The minimum absolute atomic E-state index is 0.0676. The van der Waals surface area contributed by atoms with Gasteiger partial charge in [-0.1, -0.05) is 17.7 Å². The summed E-state index contributed by atoms with van der Waals surface area (Å²) in [7, 11) is 0. The van der Waals surface area contributed by atoms with Crippen LogP contribution in [0.2, 0.25) is 5.15 Å². The van der Waals surface area contributed by atoms with Crippen LogP contribution in [0.15, 0.2) is 36.5 Å². The molecule has 0 radical (unpaired) electrons. The number of likely N-dealkylation sites (tertiary alicyclic amines) is 1. The first-order chi connectivity index (χ1) is 14.2. The summed E-state index contributed by atoms with van der Waals surface area (Å²) in [6.45, 7) is 1.30. The van der Waals surface area contributed by atoms with Crippen molar-refractivity contribution in [3.05, 3.63) is 53.1 Å². The number of amides is 1. The summed E-state index contributed by atoms with van der Waals surface area (Å²) >= 11 is 6.06. The summed E-state index contributed by atoms with van der Waals surface area (Å²) in [4.78, 5) is 19.5. The lowest BCUT2D eigenvalue weighted by molar-refractivity contribution is 0.0683. The number of hydrogen-bond donors (Lipinski definition) is 0. The minimum atomic E-state index is -0.0676. The van der Waals surface area contributed by atoms with E-state index in [1.54, 1.807) is 12.1 Å². The number of pyridine rings is 2. The number of hydrogen-bond acceptors (Lipinski definition) is 5. The highest BCUT2D eigenvalue weighted by molar-refractivity contribution is 6.29. The number of ether oxygens (including phenoxy) is 1. The van der Waals surface area contributed by atoms with Crippen molar-refractivity contribution >= 4 is 23.2 Å². The number of carbonyl (C=O) groups excluding carboxylic acids is 1. The van der Waals surface area contributed by atoms with Gasteiger partial charge in [-0.05, 0) is 56.4 Å². The summed E-state index contributed by atoms with van der Waals surface area (Å²) in [6.07, 6.45) is 7.13. The van der Waals surface area contributed by atoms with Gasteiger partial charge in [0.25, 0.3) is 5.91 Å². The standard InChI is InChI=1S/C21H22ClN5O2/c22-17-10-9-16(20(23-17)29-15-6-3-7-15)21(28)26-11-4-5-14(13-26)19-25-24-18-8-1-2-12-27(18)19/h1-2,8-10,12,14-15H,3-7,11,13H2/t14-/m1/s1. The Balaban J connectivity index is 1.39. The van der Waals surface area contributed by atoms with E-state index >= 15 is 0 Å². The fourth-order valence-electron chi connectivity index (χ4n) is 4.00. The first-order valence-electron chi connectivity index (χ1n) is 10.1. The molecule has 1 atom stereocenters. The third kappa shape index (κ3) is 3.55. The summed E-state index contributed by atoms with van der Waals surface area (Å²) in [5, 5.41) is 8.99. The maximum Gasteiger partial charge on any atom is 0.259 e. The van der Waals surface area contributed by atoms with Crippen molar-refractivity contribution in [3.8, 4) is 5.88 Å². The zero-order valence-corrected chi connectivity index (χ0v) is 16.8. The normalized spacial score (nSPS) is 19.9. The quantitative estimate of drug-likeness (QED) is 0.611. The number of rotatable bonds is 4. The summed E-state index contributed by atoms with van der Waals surface area (Å²) < 4.78 is 7.97. The molecule has 29 heavy (non-hydrogen) atoms. The Bertz CT molecular complexity index is 1050. The monoisotopic (exact) mass is 411 g/mol. The van der Waals surface area contributed by atoms with Crippen molar-refractivity contribution in [1.29, 1.82) is 0 Å². The first-order valence-corrected chi connectivity index (χ1v) is 10.5. The van der Waals surface area contributed by atoms with Crippen LogP contribution in [-0.2, 0) is 0 Å². The lowest BCUT2D eigenvalue weighted by atomic mass is 9.96. The molecule has 4 heterocycles. The van der Waals surface area contributed by atoms with Crippen LogP contribution < -0.4 is 4.74 Å². The number of carbonyl (C=O) groups is 1. The Hall–Kier alpha value is -2.67. The smallest absolute Gasteiger partial charge is 0.259 e. The topological polar surface area (TPSA) is 72.6 Å². The SMILES string of the molecule is O=C(c1ccc(Cl)nc1OC1CCC1)N1CCC[C@@H](c2nnc3ccccn23)C1. The van der Waals surface area contributed by atoms with Crippen LogP contribution in [0.5, 0.6) is 5.88 Å². The van der Waals surface area contributed by atoms with Gasteiger partial charge in [0.05, 0.1) is 0 Å². The molecule has 1 saturated heterocycles. The number of aromatic nitrogens is 4. The molecule has 3 aromatic heterocycles. The summed E-state index contributed by atoms with van der Waals surface area (Å²) in [5.74, 6) is 1.32. The highest BCUT2D eigenvalue weighted by Gasteiger charge is 2.31. The fraction of sp³-hybridized carbons (Fsp3) is 0.429. The molecule has 150 valence electrons. The molecular weight excluding hydrogens is 390 g/mol. The van der Waals surface area contributed by atoms with E-state index in [1.807, 2.05) is 33.7 Å². The number of piperidine rings is 1. The molecule has 3 aromatic rings. The molecule has 2 fully saturated rings. The molecular formula is C21H22ClN5O2. The molecule has 1 amide bonds. The van der Waals surface area contributed by atoms with E-state index in [9.17, 15) is 4.79 Å². The third-order valence-electron chi connectivity index (χ3n) is 5.80. The molecule has 8 heteroatoms. The molecule has 0 spiro atoms. The van der Waals surface area contributed by atoms with Crippen molar-refractivity contribution in [2.75, 3.05) is 13.1 Å². The average Bonchev–Trinajstić information content (AvgIpc) is 3.15. The molecule has 1 aliphatic carbocycles. The third-order valence-corrected chi connectivity index (χ3v) is 6.01. The second-order valence-corrected chi connectivity index (χ2v) is 8.12. The second-order valence-electron chi connectivity index (χ2n) is 7.73. The average molecular weight is 412 g/mol. The van der Waals surface area contributed by atoms with Crippen LogP contribution in [0.3, 0.4) is 0 Å². The number of fused-ring (bicyclic) bond motifs is 1. The lowest BCUT2D eigenvalue weighted by Gasteiger charge is -2.33. The van der Waals surface area contributed by atoms with E-state index < -0.39 is 0 Å². The van der Waals surface area contributed by atoms with Gasteiger partial charge in [-0.2, -0.15) is 0 Å². The van der Waals surface area contributed by atoms with Gasteiger partial charge < -0.3 is 9.64 Å². The Morgan fingerprint density at radius 2 is 2.00 bits per heavy atom. The molecule has 1 aliphatic heterocycles. The summed E-state index contributed by atoms with van der Waals surface area (Å²) in [6, 6.07) is 9.22. The van der Waals surface area contributed by atoms with Crippen LogP contribution in [-0.4, -0.2) is 49.6 Å². The number of nitrogens with zero attached hydrogens (tertiary/aromatic N) is 5. The van der Waals surface area contributed by atoms with Crippen molar-refractivity contribution in [2.24, 2.45) is 0 Å². The predicted molar refractivity (Wildman–Crippen MR) is 108 cm³/mol. The van der Waals surface area contributed by atoms with Crippen LogP contribution in [0, 0.1) is 0 Å². The van der Waals surface area contributed by atoms with Crippen LogP contribution >= 0.6 is 11.6 Å². The van der Waals surface area contributed by atoms with Gasteiger partial charge in [-0.15, -0.1) is 10.2 Å². The van der Waals surface area contributed by atoms with Crippen molar-refractivity contribution in [3.63, 3.8) is 0 Å². The van der Waals surface area contributed by atoms with Crippen LogP contribution in [0.1, 0.15) is 54.2 Å². The first kappa shape index (κ1) is 18.4. The zero-order chi connectivity index (χ0) is 19.8. The molecule has 7 nitrogen and oxygen atoms in total. The second kappa shape index (κ2) is 7.63. The van der Waals surface area contributed by atoms with Gasteiger partial charge in [0.15, 0.2) is 5.65 Å². The number of halogens is 1. The van der Waals surface area contributed by atoms with Gasteiger partial charge in [-0.3, -0.25) is 9.20 Å². The van der Waals surface area contributed by atoms with E-state index in [2.05, 4.69) is 15.2 Å². The Morgan fingerprint density at radius 3 is 2.83 bits per heavy atom. The Morgan fingerprint density at radius 1 is 1.10 bits per heavy atom. The minimum Gasteiger partial charge on any atom is -0.474 e. The van der Waals surface area contributed by atoms with Gasteiger partial charge in [0, 0.05) is 25.2 Å². The highest BCUT2D eigenvalue weighted by Crippen LogP contribution is 2.31.